The fourth-order valence-corrected chi connectivity index (χ4v) is 3.41. The number of halogens is 3. The Hall–Kier alpha value is -4.35. The monoisotopic (exact) mass is 500 g/mol. The first-order chi connectivity index (χ1) is 17.2. The lowest BCUT2D eigenvalue weighted by molar-refractivity contribution is -0.141. The highest BCUT2D eigenvalue weighted by atomic mass is 19.4. The van der Waals surface area contributed by atoms with Gasteiger partial charge in [-0.2, -0.15) is 13.2 Å². The summed E-state index contributed by atoms with van der Waals surface area (Å²) in [5.74, 6) is 2.21. The highest BCUT2D eigenvalue weighted by molar-refractivity contribution is 5.91. The van der Waals surface area contributed by atoms with Crippen LogP contribution in [0.15, 0.2) is 48.7 Å². The second-order valence-corrected chi connectivity index (χ2v) is 7.63. The van der Waals surface area contributed by atoms with Crippen LogP contribution in [0.2, 0.25) is 0 Å². The molecular weight excluding hydrogens is 477 g/mol. The summed E-state index contributed by atoms with van der Waals surface area (Å²) in [4.78, 5) is 16.6. The van der Waals surface area contributed by atoms with Crippen molar-refractivity contribution in [2.24, 2.45) is 0 Å². The van der Waals surface area contributed by atoms with Crippen LogP contribution in [0.25, 0.3) is 10.9 Å². The van der Waals surface area contributed by atoms with E-state index in [9.17, 15) is 13.2 Å². The number of anilines is 2. The topological polar surface area (TPSA) is 117 Å². The number of aromatic nitrogens is 4. The van der Waals surface area contributed by atoms with E-state index >= 15 is 0 Å². The number of hydrogen-bond donors (Lipinski definition) is 2. The molecule has 0 atom stereocenters. The molecule has 0 spiro atoms. The maximum absolute atomic E-state index is 13.1. The predicted octanol–water partition coefficient (Wildman–Crippen LogP) is 4.41. The molecule has 36 heavy (non-hydrogen) atoms. The first-order valence-electron chi connectivity index (χ1n) is 10.8. The summed E-state index contributed by atoms with van der Waals surface area (Å²) in [6.07, 6.45) is -2.98. The smallest absolute Gasteiger partial charge is 0.433 e. The van der Waals surface area contributed by atoms with Gasteiger partial charge >= 0.3 is 6.18 Å². The van der Waals surface area contributed by atoms with E-state index in [-0.39, 0.29) is 31.1 Å². The van der Waals surface area contributed by atoms with E-state index in [0.29, 0.717) is 39.9 Å². The summed E-state index contributed by atoms with van der Waals surface area (Å²) >= 11 is 0. The lowest BCUT2D eigenvalue weighted by Gasteiger charge is -2.15. The molecule has 0 bridgehead atoms. The van der Waals surface area contributed by atoms with E-state index in [2.05, 4.69) is 25.3 Å². The number of pyridine rings is 2. The first-order valence-corrected chi connectivity index (χ1v) is 10.8. The third kappa shape index (κ3) is 6.01. The van der Waals surface area contributed by atoms with Crippen LogP contribution < -0.4 is 25.3 Å². The normalized spacial score (nSPS) is 11.4. The van der Waals surface area contributed by atoms with Gasteiger partial charge in [0, 0.05) is 29.4 Å². The van der Waals surface area contributed by atoms with Gasteiger partial charge in [-0.1, -0.05) is 6.07 Å². The number of rotatable bonds is 9. The van der Waals surface area contributed by atoms with E-state index in [4.69, 9.17) is 19.9 Å². The number of fused-ring (bicyclic) bond motifs is 1. The number of ether oxygens (including phenoxy) is 3. The Labute approximate surface area is 204 Å². The number of aryl methyl sites for hydroxylation is 1. The Morgan fingerprint density at radius 3 is 2.50 bits per heavy atom. The van der Waals surface area contributed by atoms with Crippen LogP contribution in [0.1, 0.15) is 17.2 Å². The van der Waals surface area contributed by atoms with Crippen LogP contribution in [0.3, 0.4) is 0 Å². The van der Waals surface area contributed by atoms with E-state index in [1.54, 1.807) is 37.4 Å². The molecule has 0 aliphatic rings. The van der Waals surface area contributed by atoms with E-state index in [1.165, 1.54) is 13.2 Å². The molecule has 0 fully saturated rings. The molecule has 0 radical (unpaired) electrons. The summed E-state index contributed by atoms with van der Waals surface area (Å²) in [7, 11) is 1.51. The molecule has 3 aromatic heterocycles. The number of hydrogen-bond acceptors (Lipinski definition) is 9. The van der Waals surface area contributed by atoms with E-state index < -0.39 is 11.9 Å². The molecule has 0 aliphatic carbocycles. The van der Waals surface area contributed by atoms with Gasteiger partial charge in [-0.3, -0.25) is 0 Å². The second kappa shape index (κ2) is 10.5. The van der Waals surface area contributed by atoms with Crippen molar-refractivity contribution >= 4 is 22.4 Å². The molecule has 0 unspecified atom stereocenters. The predicted molar refractivity (Wildman–Crippen MR) is 127 cm³/mol. The molecule has 188 valence electrons. The number of alkyl halides is 3. The molecular formula is C24H23F3N6O3. The molecule has 4 rings (SSSR count). The number of nitrogen functional groups attached to an aromatic ring is 1. The average molecular weight is 500 g/mol. The van der Waals surface area contributed by atoms with Gasteiger partial charge in [-0.05, 0) is 31.2 Å². The first kappa shape index (κ1) is 24.8. The maximum atomic E-state index is 13.1. The molecule has 4 aromatic rings. The highest BCUT2D eigenvalue weighted by Gasteiger charge is 2.33. The summed E-state index contributed by atoms with van der Waals surface area (Å²) in [5.41, 5.74) is 5.23. The molecule has 12 heteroatoms. The minimum Gasteiger partial charge on any atom is -0.493 e. The molecule has 0 saturated heterocycles. The minimum absolute atomic E-state index is 0.0359. The van der Waals surface area contributed by atoms with Crippen molar-refractivity contribution in [3.63, 3.8) is 0 Å². The Balaban J connectivity index is 1.55. The molecule has 1 aromatic carbocycles. The SMILES string of the molecule is COc1cc2nc(C)nc(NCc3cc(N)cc(C(F)(F)F)n3)c2cc1OCCOc1ccccn1. The third-order valence-electron chi connectivity index (χ3n) is 4.95. The van der Waals surface area contributed by atoms with Crippen molar-refractivity contribution in [2.45, 2.75) is 19.6 Å². The lowest BCUT2D eigenvalue weighted by Crippen LogP contribution is -2.13. The van der Waals surface area contributed by atoms with Crippen molar-refractivity contribution in [1.82, 2.24) is 19.9 Å². The summed E-state index contributed by atoms with van der Waals surface area (Å²) in [6.45, 7) is 2.12. The number of benzene rings is 1. The van der Waals surface area contributed by atoms with Gasteiger partial charge in [0.15, 0.2) is 11.5 Å². The summed E-state index contributed by atoms with van der Waals surface area (Å²) in [5, 5.41) is 3.62. The molecule has 0 aliphatic heterocycles. The molecule has 9 nitrogen and oxygen atoms in total. The highest BCUT2D eigenvalue weighted by Crippen LogP contribution is 2.35. The van der Waals surface area contributed by atoms with Crippen molar-refractivity contribution in [3.8, 4) is 17.4 Å². The zero-order valence-corrected chi connectivity index (χ0v) is 19.5. The van der Waals surface area contributed by atoms with Crippen LogP contribution >= 0.6 is 0 Å². The zero-order chi connectivity index (χ0) is 25.7. The number of methoxy groups -OCH3 is 1. The maximum Gasteiger partial charge on any atom is 0.433 e. The standard InChI is InChI=1S/C24H23F3N6O3/c1-14-31-18-12-19(34-2)20(35-7-8-36-22-5-3-4-6-29-22)11-17(18)23(32-14)30-13-16-9-15(28)10-21(33-16)24(25,26)27/h3-6,9-12H,7-8,13H2,1-2H3,(H2,28,33)(H,30,31,32). The number of nitrogens with zero attached hydrogens (tertiary/aromatic N) is 4. The van der Waals surface area contributed by atoms with Crippen LogP contribution in [-0.4, -0.2) is 40.3 Å². The Morgan fingerprint density at radius 1 is 0.972 bits per heavy atom. The van der Waals surface area contributed by atoms with Crippen molar-refractivity contribution in [2.75, 3.05) is 31.4 Å². The quantitative estimate of drug-likeness (QED) is 0.322. The van der Waals surface area contributed by atoms with Crippen molar-refractivity contribution in [3.05, 3.63) is 65.9 Å². The fraction of sp³-hybridized carbons (Fsp3) is 0.250. The Morgan fingerprint density at radius 2 is 1.78 bits per heavy atom. The molecule has 3 N–H and O–H groups in total. The van der Waals surface area contributed by atoms with Crippen molar-refractivity contribution in [1.29, 1.82) is 0 Å². The van der Waals surface area contributed by atoms with E-state index in [1.807, 2.05) is 6.07 Å². The van der Waals surface area contributed by atoms with Gasteiger partial charge in [0.05, 0.1) is 24.9 Å². The van der Waals surface area contributed by atoms with Crippen molar-refractivity contribution < 1.29 is 27.4 Å². The molecule has 0 saturated carbocycles. The van der Waals surface area contributed by atoms with Gasteiger partial charge in [0.25, 0.3) is 0 Å². The second-order valence-electron chi connectivity index (χ2n) is 7.63. The van der Waals surface area contributed by atoms with Gasteiger partial charge in [-0.25, -0.2) is 19.9 Å². The number of nitrogens with one attached hydrogen (secondary N) is 1. The molecule has 3 heterocycles. The summed E-state index contributed by atoms with van der Waals surface area (Å²) < 4.78 is 56.2. The van der Waals surface area contributed by atoms with Gasteiger partial charge in [0.2, 0.25) is 5.88 Å². The third-order valence-corrected chi connectivity index (χ3v) is 4.95. The summed E-state index contributed by atoms with van der Waals surface area (Å²) in [6, 6.07) is 10.9. The van der Waals surface area contributed by atoms with Gasteiger partial charge in [0.1, 0.15) is 30.5 Å². The van der Waals surface area contributed by atoms with Crippen LogP contribution in [-0.2, 0) is 12.7 Å². The van der Waals surface area contributed by atoms with Gasteiger partial charge in [-0.15, -0.1) is 0 Å². The lowest BCUT2D eigenvalue weighted by atomic mass is 10.2. The van der Waals surface area contributed by atoms with Crippen LogP contribution in [0.4, 0.5) is 24.7 Å². The zero-order valence-electron chi connectivity index (χ0n) is 19.5. The van der Waals surface area contributed by atoms with Crippen LogP contribution in [0, 0.1) is 6.92 Å². The largest absolute Gasteiger partial charge is 0.493 e. The minimum atomic E-state index is -4.61. The van der Waals surface area contributed by atoms with E-state index in [0.717, 1.165) is 6.07 Å². The number of nitrogens with two attached hydrogens (primary N) is 1. The Kier molecular flexibility index (Phi) is 7.23. The van der Waals surface area contributed by atoms with Crippen LogP contribution in [0.5, 0.6) is 17.4 Å². The molecule has 0 amide bonds. The fourth-order valence-electron chi connectivity index (χ4n) is 3.41. The van der Waals surface area contributed by atoms with Gasteiger partial charge < -0.3 is 25.3 Å². The average Bonchev–Trinajstić information content (AvgIpc) is 2.84. The Bertz CT molecular complexity index is 1350.